The van der Waals surface area contributed by atoms with Crippen LogP contribution in [0.25, 0.3) is 11.1 Å². The van der Waals surface area contributed by atoms with Gasteiger partial charge in [-0.1, -0.05) is 18.2 Å². The second-order valence-electron chi connectivity index (χ2n) is 7.44. The highest BCUT2D eigenvalue weighted by Gasteiger charge is 2.33. The molecule has 4 nitrogen and oxygen atoms in total. The fourth-order valence-electron chi connectivity index (χ4n) is 3.59. The standard InChI is InChI=1S/C22H28O4/c1-14-9-18(24-12-19-13-25-22(4,5)26-19)10-15(2)21(14)20-8-6-7-17(11-23)16(20)3/h6-10,19,23H,11-13H2,1-5H3/t19-/m1/s1. The molecule has 0 aromatic heterocycles. The van der Waals surface area contributed by atoms with Crippen LogP contribution in [0, 0.1) is 20.8 Å². The molecule has 1 fully saturated rings. The summed E-state index contributed by atoms with van der Waals surface area (Å²) in [4.78, 5) is 0. The average molecular weight is 356 g/mol. The summed E-state index contributed by atoms with van der Waals surface area (Å²) in [6.45, 7) is 11.2. The molecule has 140 valence electrons. The lowest BCUT2D eigenvalue weighted by Crippen LogP contribution is -2.25. The van der Waals surface area contributed by atoms with Gasteiger partial charge in [-0.25, -0.2) is 0 Å². The lowest BCUT2D eigenvalue weighted by molar-refractivity contribution is -0.141. The van der Waals surface area contributed by atoms with Crippen molar-refractivity contribution < 1.29 is 19.3 Å². The molecule has 1 heterocycles. The largest absolute Gasteiger partial charge is 0.491 e. The molecule has 0 amide bonds. The first-order chi connectivity index (χ1) is 12.3. The maximum Gasteiger partial charge on any atom is 0.163 e. The highest BCUT2D eigenvalue weighted by atomic mass is 16.7. The minimum Gasteiger partial charge on any atom is -0.491 e. The predicted octanol–water partition coefficient (Wildman–Crippen LogP) is 4.30. The molecular formula is C22H28O4. The molecule has 4 heteroatoms. The zero-order valence-corrected chi connectivity index (χ0v) is 16.3. The Kier molecular flexibility index (Phi) is 5.37. The third kappa shape index (κ3) is 3.93. The van der Waals surface area contributed by atoms with E-state index in [1.165, 1.54) is 5.56 Å². The summed E-state index contributed by atoms with van der Waals surface area (Å²) in [5.74, 6) is 0.312. The molecule has 0 unspecified atom stereocenters. The lowest BCUT2D eigenvalue weighted by atomic mass is 9.90. The summed E-state index contributed by atoms with van der Waals surface area (Å²) >= 11 is 0. The van der Waals surface area contributed by atoms with Crippen LogP contribution in [0.1, 0.15) is 36.1 Å². The molecule has 1 aliphatic rings. The van der Waals surface area contributed by atoms with Gasteiger partial charge in [-0.2, -0.15) is 0 Å². The van der Waals surface area contributed by atoms with Crippen molar-refractivity contribution in [3.63, 3.8) is 0 Å². The highest BCUT2D eigenvalue weighted by molar-refractivity contribution is 5.75. The van der Waals surface area contributed by atoms with Gasteiger partial charge in [-0.15, -0.1) is 0 Å². The van der Waals surface area contributed by atoms with Crippen molar-refractivity contribution >= 4 is 0 Å². The van der Waals surface area contributed by atoms with E-state index in [0.29, 0.717) is 13.2 Å². The van der Waals surface area contributed by atoms with Crippen LogP contribution in [0.2, 0.25) is 0 Å². The van der Waals surface area contributed by atoms with Crippen LogP contribution < -0.4 is 4.74 Å². The number of aryl methyl sites for hydroxylation is 2. The predicted molar refractivity (Wildman–Crippen MR) is 102 cm³/mol. The number of rotatable bonds is 5. The number of hydrogen-bond acceptors (Lipinski definition) is 4. The number of hydrogen-bond donors (Lipinski definition) is 1. The molecule has 0 radical (unpaired) electrons. The molecule has 2 aromatic rings. The Morgan fingerprint density at radius 1 is 1.15 bits per heavy atom. The summed E-state index contributed by atoms with van der Waals surface area (Å²) in [6, 6.07) is 10.2. The number of benzene rings is 2. The van der Waals surface area contributed by atoms with Gasteiger partial charge >= 0.3 is 0 Å². The summed E-state index contributed by atoms with van der Waals surface area (Å²) in [7, 11) is 0. The van der Waals surface area contributed by atoms with E-state index in [4.69, 9.17) is 14.2 Å². The van der Waals surface area contributed by atoms with Crippen LogP contribution in [0.3, 0.4) is 0 Å². The van der Waals surface area contributed by atoms with Gasteiger partial charge in [0.2, 0.25) is 0 Å². The molecule has 0 aliphatic carbocycles. The zero-order valence-electron chi connectivity index (χ0n) is 16.3. The van der Waals surface area contributed by atoms with E-state index in [-0.39, 0.29) is 12.7 Å². The fraction of sp³-hybridized carbons (Fsp3) is 0.455. The van der Waals surface area contributed by atoms with Crippen molar-refractivity contribution in [2.45, 2.75) is 53.1 Å². The highest BCUT2D eigenvalue weighted by Crippen LogP contribution is 2.34. The van der Waals surface area contributed by atoms with Crippen molar-refractivity contribution in [2.24, 2.45) is 0 Å². The van der Waals surface area contributed by atoms with Crippen LogP contribution >= 0.6 is 0 Å². The smallest absolute Gasteiger partial charge is 0.163 e. The Morgan fingerprint density at radius 2 is 1.85 bits per heavy atom. The molecule has 1 N–H and O–H groups in total. The molecule has 0 spiro atoms. The molecule has 1 saturated heterocycles. The minimum atomic E-state index is -0.529. The van der Waals surface area contributed by atoms with E-state index in [1.54, 1.807) is 0 Å². The van der Waals surface area contributed by atoms with Crippen molar-refractivity contribution in [3.8, 4) is 16.9 Å². The second-order valence-corrected chi connectivity index (χ2v) is 7.44. The van der Waals surface area contributed by atoms with Crippen LogP contribution in [0.5, 0.6) is 5.75 Å². The van der Waals surface area contributed by atoms with Crippen LogP contribution in [-0.4, -0.2) is 30.2 Å². The first-order valence-electron chi connectivity index (χ1n) is 9.06. The second kappa shape index (κ2) is 7.39. The minimum absolute atomic E-state index is 0.0474. The van der Waals surface area contributed by atoms with Crippen LogP contribution in [0.15, 0.2) is 30.3 Å². The van der Waals surface area contributed by atoms with Crippen molar-refractivity contribution in [2.75, 3.05) is 13.2 Å². The monoisotopic (exact) mass is 356 g/mol. The average Bonchev–Trinajstić information content (AvgIpc) is 2.93. The number of aliphatic hydroxyl groups is 1. The summed E-state index contributed by atoms with van der Waals surface area (Å²) in [5, 5.41) is 9.54. The van der Waals surface area contributed by atoms with E-state index >= 15 is 0 Å². The van der Waals surface area contributed by atoms with Gasteiger partial charge in [0.05, 0.1) is 13.2 Å². The maximum atomic E-state index is 9.54. The molecule has 0 saturated carbocycles. The van der Waals surface area contributed by atoms with Gasteiger partial charge in [-0.05, 0) is 80.1 Å². The first kappa shape index (κ1) is 18.9. The number of aliphatic hydroxyl groups excluding tert-OH is 1. The first-order valence-corrected chi connectivity index (χ1v) is 9.06. The maximum absolute atomic E-state index is 9.54. The molecule has 26 heavy (non-hydrogen) atoms. The van der Waals surface area contributed by atoms with Gasteiger partial charge in [0.15, 0.2) is 5.79 Å². The molecule has 0 bridgehead atoms. The number of ether oxygens (including phenoxy) is 3. The molecule has 3 rings (SSSR count). The van der Waals surface area contributed by atoms with Gasteiger partial charge in [0, 0.05) is 0 Å². The quantitative estimate of drug-likeness (QED) is 0.868. The SMILES string of the molecule is Cc1cc(OC[C@@H]2COC(C)(C)O2)cc(C)c1-c1cccc(CO)c1C. The van der Waals surface area contributed by atoms with Crippen LogP contribution in [0.4, 0.5) is 0 Å². The Morgan fingerprint density at radius 3 is 2.42 bits per heavy atom. The Bertz CT molecular complexity index is 772. The van der Waals surface area contributed by atoms with Crippen molar-refractivity contribution in [1.82, 2.24) is 0 Å². The Balaban J connectivity index is 1.81. The third-order valence-electron chi connectivity index (χ3n) is 4.90. The molecule has 2 aromatic carbocycles. The molecule has 1 aliphatic heterocycles. The Hall–Kier alpha value is -1.88. The fourth-order valence-corrected chi connectivity index (χ4v) is 3.59. The Labute approximate surface area is 155 Å². The van der Waals surface area contributed by atoms with Crippen molar-refractivity contribution in [1.29, 1.82) is 0 Å². The van der Waals surface area contributed by atoms with E-state index in [9.17, 15) is 5.11 Å². The summed E-state index contributed by atoms with van der Waals surface area (Å²) < 4.78 is 17.3. The zero-order chi connectivity index (χ0) is 18.9. The van der Waals surface area contributed by atoms with Crippen LogP contribution in [-0.2, 0) is 16.1 Å². The molecular weight excluding hydrogens is 328 g/mol. The van der Waals surface area contributed by atoms with Gasteiger partial charge in [0.1, 0.15) is 18.5 Å². The van der Waals surface area contributed by atoms with E-state index in [1.807, 2.05) is 26.0 Å². The van der Waals surface area contributed by atoms with E-state index < -0.39 is 5.79 Å². The topological polar surface area (TPSA) is 47.9 Å². The normalized spacial score (nSPS) is 18.9. The summed E-state index contributed by atoms with van der Waals surface area (Å²) in [6.07, 6.45) is -0.0474. The van der Waals surface area contributed by atoms with Gasteiger partial charge in [-0.3, -0.25) is 0 Å². The lowest BCUT2D eigenvalue weighted by Gasteiger charge is -2.19. The molecule has 1 atom stereocenters. The third-order valence-corrected chi connectivity index (χ3v) is 4.90. The van der Waals surface area contributed by atoms with Gasteiger partial charge in [0.25, 0.3) is 0 Å². The van der Waals surface area contributed by atoms with E-state index in [0.717, 1.165) is 33.6 Å². The summed E-state index contributed by atoms with van der Waals surface area (Å²) in [5.41, 5.74) is 6.75. The van der Waals surface area contributed by atoms with E-state index in [2.05, 4.69) is 39.0 Å². The van der Waals surface area contributed by atoms with Gasteiger partial charge < -0.3 is 19.3 Å². The van der Waals surface area contributed by atoms with Crippen molar-refractivity contribution in [3.05, 3.63) is 52.6 Å².